The summed E-state index contributed by atoms with van der Waals surface area (Å²) in [6.07, 6.45) is 10.5. The van der Waals surface area contributed by atoms with Gasteiger partial charge in [-0.2, -0.15) is 5.10 Å². The van der Waals surface area contributed by atoms with Crippen LogP contribution in [-0.2, 0) is 4.79 Å². The van der Waals surface area contributed by atoms with E-state index in [1.807, 2.05) is 36.4 Å². The van der Waals surface area contributed by atoms with Crippen LogP contribution in [0.4, 0.5) is 5.69 Å². The zero-order valence-corrected chi connectivity index (χ0v) is 21.9. The van der Waals surface area contributed by atoms with Crippen molar-refractivity contribution in [2.45, 2.75) is 12.8 Å². The van der Waals surface area contributed by atoms with E-state index in [1.165, 1.54) is 0 Å². The summed E-state index contributed by atoms with van der Waals surface area (Å²) < 4.78 is 0. The van der Waals surface area contributed by atoms with Crippen LogP contribution < -0.4 is 5.32 Å². The van der Waals surface area contributed by atoms with Gasteiger partial charge >= 0.3 is 0 Å². The molecular formula is C30H27N9O. The topological polar surface area (TPSA) is 128 Å². The van der Waals surface area contributed by atoms with Crippen molar-refractivity contribution in [3.05, 3.63) is 73.4 Å². The number of hydrogen-bond acceptors (Lipinski definition) is 7. The summed E-state index contributed by atoms with van der Waals surface area (Å²) in [5.74, 6) is 0.748. The number of aromatic amines is 2. The Morgan fingerprint density at radius 1 is 0.975 bits per heavy atom. The number of para-hydroxylation sites is 1. The van der Waals surface area contributed by atoms with Crippen molar-refractivity contribution in [2.75, 3.05) is 25.5 Å². The van der Waals surface area contributed by atoms with Gasteiger partial charge in [-0.1, -0.05) is 12.1 Å². The van der Waals surface area contributed by atoms with Crippen molar-refractivity contribution in [1.29, 1.82) is 0 Å². The number of nitrogens with zero attached hydrogens (tertiary/aromatic N) is 6. The van der Waals surface area contributed by atoms with Gasteiger partial charge in [0.1, 0.15) is 5.69 Å². The van der Waals surface area contributed by atoms with Gasteiger partial charge in [0.25, 0.3) is 0 Å². The number of rotatable bonds is 5. The van der Waals surface area contributed by atoms with Crippen molar-refractivity contribution < 1.29 is 4.79 Å². The van der Waals surface area contributed by atoms with Crippen molar-refractivity contribution in [2.24, 2.45) is 5.92 Å². The summed E-state index contributed by atoms with van der Waals surface area (Å²) in [5, 5.41) is 11.4. The minimum atomic E-state index is 0.0224. The van der Waals surface area contributed by atoms with E-state index in [2.05, 4.69) is 53.5 Å². The first-order valence-electron chi connectivity index (χ1n) is 13.3. The van der Waals surface area contributed by atoms with E-state index in [9.17, 15) is 4.79 Å². The number of benzene rings is 1. The fourth-order valence-corrected chi connectivity index (χ4v) is 5.33. The summed E-state index contributed by atoms with van der Waals surface area (Å²) >= 11 is 0. The number of likely N-dealkylation sites (tertiary alicyclic amines) is 1. The average molecular weight is 530 g/mol. The van der Waals surface area contributed by atoms with E-state index in [4.69, 9.17) is 4.98 Å². The summed E-state index contributed by atoms with van der Waals surface area (Å²) in [5.41, 5.74) is 7.60. The molecule has 10 nitrogen and oxygen atoms in total. The van der Waals surface area contributed by atoms with Gasteiger partial charge in [0.05, 0.1) is 28.3 Å². The average Bonchev–Trinajstić information content (AvgIpc) is 3.62. The summed E-state index contributed by atoms with van der Waals surface area (Å²) in [6, 6.07) is 14.0. The SMILES string of the molecule is CN1CCC(C(=O)Nc2cncc(-c3cnc4n[nH]c(-c5nc6c(-c7ccncc7)cccc6[nH]5)c4c3)c2)CC1. The Kier molecular flexibility index (Phi) is 6.01. The molecule has 1 amide bonds. The van der Waals surface area contributed by atoms with Gasteiger partial charge in [0, 0.05) is 47.4 Å². The minimum Gasteiger partial charge on any atom is -0.337 e. The number of carbonyl (C=O) groups is 1. The number of anilines is 1. The standard InChI is InChI=1S/C30H27N9O/c1-39-11-7-19(8-12-39)30(40)34-22-13-20(15-32-17-22)21-14-24-27(37-38-28(24)33-16-21)29-35-25-4-2-3-23(26(25)36-29)18-5-9-31-10-6-18/h2-6,9-10,13-17,19H,7-8,11-12H2,1H3,(H,34,40)(H,35,36)(H,33,37,38). The molecule has 198 valence electrons. The van der Waals surface area contributed by atoms with Crippen molar-refractivity contribution in [3.8, 4) is 33.8 Å². The third-order valence-corrected chi connectivity index (χ3v) is 7.58. The lowest BCUT2D eigenvalue weighted by Gasteiger charge is -2.28. The number of pyridine rings is 3. The largest absolute Gasteiger partial charge is 0.337 e. The molecule has 0 bridgehead atoms. The van der Waals surface area contributed by atoms with Crippen LogP contribution in [0.3, 0.4) is 0 Å². The molecule has 40 heavy (non-hydrogen) atoms. The summed E-state index contributed by atoms with van der Waals surface area (Å²) in [6.45, 7) is 1.87. The highest BCUT2D eigenvalue weighted by Gasteiger charge is 2.23. The number of H-pyrrole nitrogens is 2. The Labute approximate surface area is 229 Å². The predicted molar refractivity (Wildman–Crippen MR) is 154 cm³/mol. The number of nitrogens with one attached hydrogen (secondary N) is 3. The van der Waals surface area contributed by atoms with Gasteiger partial charge in [-0.05, 0) is 68.9 Å². The van der Waals surface area contributed by atoms with Crippen molar-refractivity contribution in [3.63, 3.8) is 0 Å². The molecule has 1 aromatic carbocycles. The zero-order valence-electron chi connectivity index (χ0n) is 21.9. The quantitative estimate of drug-likeness (QED) is 0.290. The Morgan fingerprint density at radius 3 is 2.65 bits per heavy atom. The molecule has 0 unspecified atom stereocenters. The second-order valence-electron chi connectivity index (χ2n) is 10.2. The van der Waals surface area contributed by atoms with E-state index < -0.39 is 0 Å². The highest BCUT2D eigenvalue weighted by atomic mass is 16.1. The van der Waals surface area contributed by atoms with Crippen LogP contribution in [0.1, 0.15) is 12.8 Å². The van der Waals surface area contributed by atoms with Crippen LogP contribution in [-0.4, -0.2) is 66.1 Å². The smallest absolute Gasteiger partial charge is 0.227 e. The molecule has 3 N–H and O–H groups in total. The maximum Gasteiger partial charge on any atom is 0.227 e. The number of aromatic nitrogens is 7. The number of amides is 1. The molecule has 5 aromatic heterocycles. The molecule has 0 radical (unpaired) electrons. The molecule has 0 spiro atoms. The molecule has 10 heteroatoms. The second-order valence-corrected chi connectivity index (χ2v) is 10.2. The van der Waals surface area contributed by atoms with Crippen LogP contribution in [0.5, 0.6) is 0 Å². The van der Waals surface area contributed by atoms with Crippen LogP contribution in [0.15, 0.2) is 73.4 Å². The Bertz CT molecular complexity index is 1830. The van der Waals surface area contributed by atoms with Crippen LogP contribution in [0.2, 0.25) is 0 Å². The second kappa shape index (κ2) is 9.97. The number of hydrogen-bond donors (Lipinski definition) is 3. The maximum atomic E-state index is 12.9. The van der Waals surface area contributed by atoms with Gasteiger partial charge in [-0.25, -0.2) is 9.97 Å². The normalized spacial score (nSPS) is 14.6. The molecule has 0 saturated carbocycles. The maximum absolute atomic E-state index is 12.9. The number of piperidine rings is 1. The fourth-order valence-electron chi connectivity index (χ4n) is 5.33. The first-order chi connectivity index (χ1) is 19.6. The monoisotopic (exact) mass is 529 g/mol. The van der Waals surface area contributed by atoms with Crippen molar-refractivity contribution in [1.82, 2.24) is 40.0 Å². The number of carbonyl (C=O) groups excluding carboxylic acids is 1. The fraction of sp³-hybridized carbons (Fsp3) is 0.200. The van der Waals surface area contributed by atoms with E-state index in [0.717, 1.165) is 70.3 Å². The van der Waals surface area contributed by atoms with E-state index >= 15 is 0 Å². The summed E-state index contributed by atoms with van der Waals surface area (Å²) in [7, 11) is 2.09. The Hall–Kier alpha value is -4.96. The molecular weight excluding hydrogens is 502 g/mol. The van der Waals surface area contributed by atoms with Gasteiger partial charge in [0.15, 0.2) is 11.5 Å². The van der Waals surface area contributed by atoms with Crippen LogP contribution in [0.25, 0.3) is 55.8 Å². The minimum absolute atomic E-state index is 0.0224. The zero-order chi connectivity index (χ0) is 27.1. The summed E-state index contributed by atoms with van der Waals surface area (Å²) in [4.78, 5) is 36.6. The molecule has 1 saturated heterocycles. The highest BCUT2D eigenvalue weighted by molar-refractivity contribution is 5.97. The lowest BCUT2D eigenvalue weighted by Crippen LogP contribution is -2.35. The Morgan fingerprint density at radius 2 is 1.80 bits per heavy atom. The van der Waals surface area contributed by atoms with E-state index in [0.29, 0.717) is 17.2 Å². The third kappa shape index (κ3) is 4.48. The van der Waals surface area contributed by atoms with Gasteiger partial charge in [0.2, 0.25) is 5.91 Å². The molecule has 6 heterocycles. The third-order valence-electron chi connectivity index (χ3n) is 7.58. The van der Waals surface area contributed by atoms with Gasteiger partial charge in [-0.15, -0.1) is 0 Å². The first kappa shape index (κ1) is 24.1. The molecule has 7 rings (SSSR count). The lowest BCUT2D eigenvalue weighted by molar-refractivity contribution is -0.121. The van der Waals surface area contributed by atoms with Crippen molar-refractivity contribution >= 4 is 33.7 Å². The molecule has 1 fully saturated rings. The van der Waals surface area contributed by atoms with Crippen LogP contribution >= 0.6 is 0 Å². The van der Waals surface area contributed by atoms with Crippen LogP contribution in [0, 0.1) is 5.92 Å². The molecule has 1 aliphatic rings. The first-order valence-corrected chi connectivity index (χ1v) is 13.3. The van der Waals surface area contributed by atoms with Gasteiger partial charge in [-0.3, -0.25) is 19.9 Å². The van der Waals surface area contributed by atoms with E-state index in [1.54, 1.807) is 31.0 Å². The number of imidazole rings is 1. The lowest BCUT2D eigenvalue weighted by atomic mass is 9.96. The molecule has 1 aliphatic heterocycles. The predicted octanol–water partition coefficient (Wildman–Crippen LogP) is 4.91. The Balaban J connectivity index is 1.20. The van der Waals surface area contributed by atoms with E-state index in [-0.39, 0.29) is 11.8 Å². The molecule has 0 atom stereocenters. The molecule has 0 aliphatic carbocycles. The number of fused-ring (bicyclic) bond motifs is 2. The van der Waals surface area contributed by atoms with Gasteiger partial charge < -0.3 is 15.2 Å². The highest BCUT2D eigenvalue weighted by Crippen LogP contribution is 2.32. The molecule has 6 aromatic rings.